The van der Waals surface area contributed by atoms with Crippen molar-refractivity contribution in [1.82, 2.24) is 15.1 Å². The van der Waals surface area contributed by atoms with Gasteiger partial charge in [0.1, 0.15) is 0 Å². The third-order valence-electron chi connectivity index (χ3n) is 3.89. The van der Waals surface area contributed by atoms with Crippen LogP contribution >= 0.6 is 0 Å². The molecule has 0 spiro atoms. The molecule has 0 aromatic carbocycles. The van der Waals surface area contributed by atoms with E-state index in [2.05, 4.69) is 12.2 Å². The highest BCUT2D eigenvalue weighted by Crippen LogP contribution is 2.17. The van der Waals surface area contributed by atoms with Crippen LogP contribution in [0.15, 0.2) is 0 Å². The molecule has 0 aliphatic carbocycles. The Morgan fingerprint density at radius 2 is 2.00 bits per heavy atom. The first-order chi connectivity index (χ1) is 8.66. The fourth-order valence-electron chi connectivity index (χ4n) is 2.52. The summed E-state index contributed by atoms with van der Waals surface area (Å²) in [6.07, 6.45) is 2.56. The number of carbonyl (C=O) groups is 2. The lowest BCUT2D eigenvalue weighted by Gasteiger charge is -2.30. The van der Waals surface area contributed by atoms with E-state index < -0.39 is 0 Å². The van der Waals surface area contributed by atoms with Gasteiger partial charge in [-0.05, 0) is 18.8 Å². The summed E-state index contributed by atoms with van der Waals surface area (Å²) in [5.74, 6) is 0.829. The Labute approximate surface area is 108 Å². The third kappa shape index (κ3) is 3.45. The molecule has 1 unspecified atom stereocenters. The number of likely N-dealkylation sites (tertiary alicyclic amines) is 1. The number of nitrogens with zero attached hydrogens (tertiary/aromatic N) is 2. The fraction of sp³-hybridized carbons (Fsp3) is 0.846. The molecule has 1 atom stereocenters. The van der Waals surface area contributed by atoms with Crippen molar-refractivity contribution < 1.29 is 9.59 Å². The molecule has 2 rings (SSSR count). The highest BCUT2D eigenvalue weighted by atomic mass is 16.2. The van der Waals surface area contributed by atoms with Crippen molar-refractivity contribution in [3.8, 4) is 0 Å². The average Bonchev–Trinajstić information content (AvgIpc) is 2.55. The van der Waals surface area contributed by atoms with Crippen molar-refractivity contribution in [3.05, 3.63) is 0 Å². The maximum Gasteiger partial charge on any atom is 0.242 e. The minimum atomic E-state index is 0.0967. The number of nitrogens with one attached hydrogen (secondary N) is 1. The van der Waals surface area contributed by atoms with Gasteiger partial charge in [0.25, 0.3) is 0 Å². The zero-order valence-corrected chi connectivity index (χ0v) is 11.2. The number of amides is 2. The Hall–Kier alpha value is -1.10. The van der Waals surface area contributed by atoms with Gasteiger partial charge < -0.3 is 15.1 Å². The normalized spacial score (nSPS) is 26.1. The Morgan fingerprint density at radius 3 is 2.72 bits per heavy atom. The molecule has 2 heterocycles. The highest BCUT2D eigenvalue weighted by molar-refractivity contribution is 5.85. The second kappa shape index (κ2) is 6.18. The summed E-state index contributed by atoms with van der Waals surface area (Å²) < 4.78 is 0. The van der Waals surface area contributed by atoms with Gasteiger partial charge in [-0.2, -0.15) is 0 Å². The summed E-state index contributed by atoms with van der Waals surface area (Å²) >= 11 is 0. The molecule has 0 radical (unpaired) electrons. The van der Waals surface area contributed by atoms with Crippen molar-refractivity contribution in [2.45, 2.75) is 26.2 Å². The molecular formula is C13H23N3O2. The van der Waals surface area contributed by atoms with Crippen LogP contribution < -0.4 is 5.32 Å². The fourth-order valence-corrected chi connectivity index (χ4v) is 2.52. The van der Waals surface area contributed by atoms with Gasteiger partial charge in [-0.1, -0.05) is 6.92 Å². The Balaban J connectivity index is 1.86. The van der Waals surface area contributed by atoms with Crippen molar-refractivity contribution in [2.24, 2.45) is 5.92 Å². The molecule has 0 saturated carbocycles. The molecule has 0 aromatic rings. The molecule has 5 nitrogen and oxygen atoms in total. The number of carbonyl (C=O) groups excluding carboxylic acids is 2. The topological polar surface area (TPSA) is 52.7 Å². The van der Waals surface area contributed by atoms with Gasteiger partial charge in [0.05, 0.1) is 6.54 Å². The zero-order valence-electron chi connectivity index (χ0n) is 11.2. The van der Waals surface area contributed by atoms with Crippen molar-refractivity contribution in [1.29, 1.82) is 0 Å². The quantitative estimate of drug-likeness (QED) is 0.757. The summed E-state index contributed by atoms with van der Waals surface area (Å²) in [6, 6.07) is 0. The molecule has 102 valence electrons. The second-order valence-electron chi connectivity index (χ2n) is 5.38. The van der Waals surface area contributed by atoms with Gasteiger partial charge in [0, 0.05) is 39.1 Å². The van der Waals surface area contributed by atoms with Crippen LogP contribution in [0.1, 0.15) is 26.2 Å². The number of rotatable bonds is 2. The van der Waals surface area contributed by atoms with Crippen LogP contribution in [0.25, 0.3) is 0 Å². The molecule has 1 N–H and O–H groups in total. The predicted molar refractivity (Wildman–Crippen MR) is 69.0 cm³/mol. The molecule has 2 fully saturated rings. The Bertz CT molecular complexity index is 313. The van der Waals surface area contributed by atoms with Crippen molar-refractivity contribution >= 4 is 11.8 Å². The maximum atomic E-state index is 12.1. The van der Waals surface area contributed by atoms with Gasteiger partial charge in [0.2, 0.25) is 11.8 Å². The lowest BCUT2D eigenvalue weighted by atomic mass is 10.0. The van der Waals surface area contributed by atoms with Crippen LogP contribution in [0, 0.1) is 5.92 Å². The molecule has 2 aliphatic rings. The SMILES string of the molecule is CC1CCC(=O)N(CC(=O)N2CCNCC2)CC1. The number of hydrogen-bond acceptors (Lipinski definition) is 3. The standard InChI is InChI=1S/C13H23N3O2/c1-11-2-3-12(17)16(7-4-11)10-13(18)15-8-5-14-6-9-15/h11,14H,2-10H2,1H3. The van der Waals surface area contributed by atoms with Crippen LogP contribution in [0.3, 0.4) is 0 Å². The van der Waals surface area contributed by atoms with Gasteiger partial charge in [-0.15, -0.1) is 0 Å². The second-order valence-corrected chi connectivity index (χ2v) is 5.38. The van der Waals surface area contributed by atoms with Gasteiger partial charge in [-0.3, -0.25) is 9.59 Å². The summed E-state index contributed by atoms with van der Waals surface area (Å²) in [5.41, 5.74) is 0. The summed E-state index contributed by atoms with van der Waals surface area (Å²) in [7, 11) is 0. The van der Waals surface area contributed by atoms with E-state index in [0.717, 1.165) is 45.6 Å². The third-order valence-corrected chi connectivity index (χ3v) is 3.89. The first-order valence-corrected chi connectivity index (χ1v) is 6.93. The minimum Gasteiger partial charge on any atom is -0.339 e. The van der Waals surface area contributed by atoms with Crippen LogP contribution in [0.5, 0.6) is 0 Å². The van der Waals surface area contributed by atoms with E-state index in [0.29, 0.717) is 12.3 Å². The highest BCUT2D eigenvalue weighted by Gasteiger charge is 2.24. The Kier molecular flexibility index (Phi) is 4.58. The number of hydrogen-bond donors (Lipinski definition) is 1. The summed E-state index contributed by atoms with van der Waals surface area (Å²) in [4.78, 5) is 27.6. The smallest absolute Gasteiger partial charge is 0.242 e. The van der Waals surface area contributed by atoms with Gasteiger partial charge >= 0.3 is 0 Å². The predicted octanol–water partition coefficient (Wildman–Crippen LogP) is 0.0668. The molecule has 18 heavy (non-hydrogen) atoms. The van der Waals surface area contributed by atoms with Crippen LogP contribution in [0.4, 0.5) is 0 Å². The molecule has 2 saturated heterocycles. The molecule has 0 bridgehead atoms. The largest absolute Gasteiger partial charge is 0.339 e. The minimum absolute atomic E-state index is 0.0967. The summed E-state index contributed by atoms with van der Waals surface area (Å²) in [6.45, 7) is 6.42. The van der Waals surface area contributed by atoms with E-state index in [1.165, 1.54) is 0 Å². The molecular weight excluding hydrogens is 230 g/mol. The zero-order chi connectivity index (χ0) is 13.0. The number of piperazine rings is 1. The van der Waals surface area contributed by atoms with Crippen LogP contribution in [-0.2, 0) is 9.59 Å². The van der Waals surface area contributed by atoms with E-state index in [-0.39, 0.29) is 18.4 Å². The average molecular weight is 253 g/mol. The Morgan fingerprint density at radius 1 is 1.28 bits per heavy atom. The lowest BCUT2D eigenvalue weighted by Crippen LogP contribution is -2.50. The van der Waals surface area contributed by atoms with Crippen LogP contribution in [-0.4, -0.2) is 60.9 Å². The van der Waals surface area contributed by atoms with E-state index in [1.54, 1.807) is 4.90 Å². The van der Waals surface area contributed by atoms with Crippen LogP contribution in [0.2, 0.25) is 0 Å². The molecule has 0 aromatic heterocycles. The van der Waals surface area contributed by atoms with E-state index in [9.17, 15) is 9.59 Å². The first kappa shape index (κ1) is 13.3. The van der Waals surface area contributed by atoms with E-state index >= 15 is 0 Å². The molecule has 5 heteroatoms. The molecule has 2 aliphatic heterocycles. The monoisotopic (exact) mass is 253 g/mol. The van der Waals surface area contributed by atoms with Crippen molar-refractivity contribution in [2.75, 3.05) is 39.3 Å². The van der Waals surface area contributed by atoms with E-state index in [1.807, 2.05) is 4.90 Å². The lowest BCUT2D eigenvalue weighted by molar-refractivity contribution is -0.140. The first-order valence-electron chi connectivity index (χ1n) is 6.93. The summed E-state index contributed by atoms with van der Waals surface area (Å²) in [5, 5.41) is 3.22. The van der Waals surface area contributed by atoms with E-state index in [4.69, 9.17) is 0 Å². The van der Waals surface area contributed by atoms with Gasteiger partial charge in [-0.25, -0.2) is 0 Å². The maximum absolute atomic E-state index is 12.1. The molecule has 2 amide bonds. The van der Waals surface area contributed by atoms with Gasteiger partial charge in [0.15, 0.2) is 0 Å². The van der Waals surface area contributed by atoms with Crippen molar-refractivity contribution in [3.63, 3.8) is 0 Å².